The molecule has 4 fully saturated rings. The van der Waals surface area contributed by atoms with Gasteiger partial charge >= 0.3 is 5.97 Å². The van der Waals surface area contributed by atoms with E-state index in [4.69, 9.17) is 4.74 Å². The smallest absolute Gasteiger partial charge is 0.310 e. The Morgan fingerprint density at radius 2 is 1.57 bits per heavy atom. The lowest BCUT2D eigenvalue weighted by Crippen LogP contribution is -2.65. The van der Waals surface area contributed by atoms with Crippen molar-refractivity contribution in [3.8, 4) is 0 Å². The second-order valence-corrected chi connectivity index (χ2v) is 16.8. The van der Waals surface area contributed by atoms with Gasteiger partial charge in [-0.25, -0.2) is 0 Å². The highest BCUT2D eigenvalue weighted by atomic mass is 16.5. The number of benzene rings is 1. The highest BCUT2D eigenvalue weighted by Gasteiger charge is 2.69. The Morgan fingerprint density at radius 3 is 2.27 bits per heavy atom. The Bertz CT molecular complexity index is 1180. The third-order valence-electron chi connectivity index (χ3n) is 14.3. The molecule has 6 rings (SSSR count). The van der Waals surface area contributed by atoms with Gasteiger partial charge in [0.2, 0.25) is 0 Å². The molecule has 0 radical (unpaired) electrons. The van der Waals surface area contributed by atoms with Gasteiger partial charge in [-0.3, -0.25) is 4.79 Å². The molecular weight excluding hydrogens is 492 g/mol. The number of ether oxygens (including phenoxy) is 1. The lowest BCUT2D eigenvalue weighted by atomic mass is 9.33. The lowest BCUT2D eigenvalue weighted by Gasteiger charge is -2.71. The van der Waals surface area contributed by atoms with E-state index in [0.29, 0.717) is 18.4 Å². The molecule has 0 aromatic heterocycles. The van der Waals surface area contributed by atoms with Crippen molar-refractivity contribution >= 4 is 5.97 Å². The third kappa shape index (κ3) is 3.88. The molecule has 8 atom stereocenters. The number of fused-ring (bicyclic) bond motifs is 7. The largest absolute Gasteiger partial charge is 0.481 e. The van der Waals surface area contributed by atoms with Crippen LogP contribution in [-0.4, -0.2) is 17.2 Å². The van der Waals surface area contributed by atoms with Crippen LogP contribution in [0.3, 0.4) is 0 Å². The maximum Gasteiger partial charge on any atom is 0.310 e. The topological polar surface area (TPSA) is 46.5 Å². The highest BCUT2D eigenvalue weighted by Crippen LogP contribution is 2.75. The minimum atomic E-state index is -0.554. The van der Waals surface area contributed by atoms with Crippen molar-refractivity contribution in [1.29, 1.82) is 0 Å². The van der Waals surface area contributed by atoms with Crippen molar-refractivity contribution in [1.82, 2.24) is 0 Å². The van der Waals surface area contributed by atoms with Crippen LogP contribution in [0.4, 0.5) is 0 Å². The number of carboxylic acids is 1. The standard InChI is InChI=1S/C37H54O3/c1-32(2)19-21-37(31(38)39)22-20-35(6)26(27(37)23-32)13-14-29-34(5)17-16-30(40-24-25-11-9-8-10-12-25)33(3,4)28(34)15-18-36(29,35)7/h8-13,27-30H,14-24H2,1-7H3,(H,38,39)/t27-,28-,29+,30-,34-,35+,36+,37-/m0/s1. The van der Waals surface area contributed by atoms with Gasteiger partial charge in [0, 0.05) is 0 Å². The molecule has 0 heterocycles. The van der Waals surface area contributed by atoms with Crippen LogP contribution < -0.4 is 0 Å². The molecule has 0 spiro atoms. The molecule has 0 unspecified atom stereocenters. The van der Waals surface area contributed by atoms with E-state index >= 15 is 0 Å². The number of carbonyl (C=O) groups is 1. The summed E-state index contributed by atoms with van der Waals surface area (Å²) in [4.78, 5) is 12.9. The van der Waals surface area contributed by atoms with E-state index in [9.17, 15) is 9.90 Å². The zero-order valence-electron chi connectivity index (χ0n) is 26.3. The first-order valence-electron chi connectivity index (χ1n) is 16.3. The van der Waals surface area contributed by atoms with Gasteiger partial charge < -0.3 is 9.84 Å². The lowest BCUT2D eigenvalue weighted by molar-refractivity contribution is -0.214. The SMILES string of the molecule is CC1(C)CC[C@]2(C(=O)O)CC[C@]3(C)C(=CC[C@@H]4[C@@]5(C)CC[C@H](OCc6ccccc6)C(C)(C)[C@@H]5CC[C@]43C)[C@@H]2C1. The molecule has 0 amide bonds. The second kappa shape index (κ2) is 9.19. The third-order valence-corrected chi connectivity index (χ3v) is 14.3. The first kappa shape index (κ1) is 28.5. The Hall–Kier alpha value is -1.61. The van der Waals surface area contributed by atoms with Gasteiger partial charge in [0.1, 0.15) is 0 Å². The van der Waals surface area contributed by atoms with Gasteiger partial charge in [-0.05, 0) is 115 Å². The Balaban J connectivity index is 1.31. The summed E-state index contributed by atoms with van der Waals surface area (Å²) < 4.78 is 6.69. The van der Waals surface area contributed by atoms with Crippen LogP contribution in [0, 0.1) is 50.2 Å². The highest BCUT2D eigenvalue weighted by molar-refractivity contribution is 5.76. The molecule has 0 aliphatic heterocycles. The van der Waals surface area contributed by atoms with Gasteiger partial charge in [-0.2, -0.15) is 0 Å². The molecular formula is C37H54O3. The van der Waals surface area contributed by atoms with Gasteiger partial charge in [0.25, 0.3) is 0 Å². The van der Waals surface area contributed by atoms with Crippen LogP contribution in [0.1, 0.15) is 118 Å². The number of hydrogen-bond acceptors (Lipinski definition) is 2. The second-order valence-electron chi connectivity index (χ2n) is 16.8. The number of rotatable bonds is 4. The molecule has 220 valence electrons. The molecule has 1 N–H and O–H groups in total. The summed E-state index contributed by atoms with van der Waals surface area (Å²) in [5.41, 5.74) is 3.17. The maximum absolute atomic E-state index is 12.9. The van der Waals surface area contributed by atoms with Crippen LogP contribution in [0.2, 0.25) is 0 Å². The first-order chi connectivity index (χ1) is 18.7. The van der Waals surface area contributed by atoms with Crippen molar-refractivity contribution in [3.05, 3.63) is 47.5 Å². The quantitative estimate of drug-likeness (QED) is 0.383. The molecule has 3 nitrogen and oxygen atoms in total. The molecule has 3 heteroatoms. The molecule has 1 aromatic carbocycles. The predicted octanol–water partition coefficient (Wildman–Crippen LogP) is 9.46. The first-order valence-corrected chi connectivity index (χ1v) is 16.3. The molecule has 5 aliphatic rings. The Morgan fingerprint density at radius 1 is 0.875 bits per heavy atom. The van der Waals surface area contributed by atoms with Crippen molar-refractivity contribution in [3.63, 3.8) is 0 Å². The summed E-state index contributed by atoms with van der Waals surface area (Å²) in [5.74, 6) is 0.932. The van der Waals surface area contributed by atoms with Crippen molar-refractivity contribution in [2.75, 3.05) is 0 Å². The predicted molar refractivity (Wildman–Crippen MR) is 162 cm³/mol. The van der Waals surface area contributed by atoms with Gasteiger partial charge in [0.15, 0.2) is 0 Å². The van der Waals surface area contributed by atoms with E-state index in [1.807, 2.05) is 0 Å². The van der Waals surface area contributed by atoms with Crippen LogP contribution in [0.5, 0.6) is 0 Å². The molecule has 1 aromatic rings. The van der Waals surface area contributed by atoms with Crippen LogP contribution in [0.25, 0.3) is 0 Å². The fraction of sp³-hybridized carbons (Fsp3) is 0.757. The van der Waals surface area contributed by atoms with E-state index in [1.54, 1.807) is 0 Å². The van der Waals surface area contributed by atoms with Crippen molar-refractivity contribution in [2.45, 2.75) is 125 Å². The normalized spacial score (nSPS) is 45.2. The maximum atomic E-state index is 12.9. The molecule has 0 saturated heterocycles. The van der Waals surface area contributed by atoms with Crippen LogP contribution in [-0.2, 0) is 16.1 Å². The van der Waals surface area contributed by atoms with E-state index in [1.165, 1.54) is 30.4 Å². The number of carboxylic acid groups (broad SMARTS) is 1. The van der Waals surface area contributed by atoms with Crippen molar-refractivity contribution < 1.29 is 14.6 Å². The van der Waals surface area contributed by atoms with E-state index < -0.39 is 11.4 Å². The van der Waals surface area contributed by atoms with Gasteiger partial charge in [0.05, 0.1) is 18.1 Å². The summed E-state index contributed by atoms with van der Waals surface area (Å²) in [7, 11) is 0. The summed E-state index contributed by atoms with van der Waals surface area (Å²) in [5, 5.41) is 10.6. The minimum Gasteiger partial charge on any atom is -0.481 e. The van der Waals surface area contributed by atoms with Gasteiger partial charge in [-0.1, -0.05) is 90.4 Å². The zero-order chi connectivity index (χ0) is 28.8. The summed E-state index contributed by atoms with van der Waals surface area (Å²) >= 11 is 0. The molecule has 5 aliphatic carbocycles. The zero-order valence-corrected chi connectivity index (χ0v) is 26.3. The van der Waals surface area contributed by atoms with E-state index in [-0.39, 0.29) is 39.1 Å². The Kier molecular flexibility index (Phi) is 6.55. The number of allylic oxidation sites excluding steroid dienone is 2. The summed E-state index contributed by atoms with van der Waals surface area (Å²) in [6, 6.07) is 10.6. The van der Waals surface area contributed by atoms with Crippen molar-refractivity contribution in [2.24, 2.45) is 50.2 Å². The number of hydrogen-bond donors (Lipinski definition) is 1. The van der Waals surface area contributed by atoms with E-state index in [0.717, 1.165) is 44.9 Å². The number of aliphatic carboxylic acids is 1. The molecule has 4 saturated carbocycles. The van der Waals surface area contributed by atoms with Crippen LogP contribution in [0.15, 0.2) is 42.0 Å². The van der Waals surface area contributed by atoms with Gasteiger partial charge in [-0.15, -0.1) is 0 Å². The summed E-state index contributed by atoms with van der Waals surface area (Å²) in [6.07, 6.45) is 13.6. The fourth-order valence-electron chi connectivity index (χ4n) is 11.7. The average molecular weight is 547 g/mol. The minimum absolute atomic E-state index is 0.0890. The van der Waals surface area contributed by atoms with E-state index in [2.05, 4.69) is 84.9 Å². The Labute approximate surface area is 243 Å². The summed E-state index contributed by atoms with van der Waals surface area (Å²) in [6.45, 7) is 18.2. The molecule has 0 bridgehead atoms. The monoisotopic (exact) mass is 546 g/mol. The molecule has 40 heavy (non-hydrogen) atoms. The van der Waals surface area contributed by atoms with Crippen LogP contribution >= 0.6 is 0 Å². The fourth-order valence-corrected chi connectivity index (χ4v) is 11.7. The average Bonchev–Trinajstić information content (AvgIpc) is 2.88.